The molecule has 7 nitrogen and oxygen atoms in total. The van der Waals surface area contributed by atoms with Gasteiger partial charge < -0.3 is 19.0 Å². The minimum absolute atomic E-state index is 0.102. The number of nitrogens with zero attached hydrogens (tertiary/aromatic N) is 2. The summed E-state index contributed by atoms with van der Waals surface area (Å²) in [6.07, 6.45) is 1.63. The summed E-state index contributed by atoms with van der Waals surface area (Å²) in [5, 5.41) is 4.72. The molecule has 2 aromatic carbocycles. The minimum Gasteiger partial charge on any atom is -0.497 e. The topological polar surface area (TPSA) is 90.2 Å². The first-order chi connectivity index (χ1) is 12.7. The number of hydrogen-bond donors (Lipinski definition) is 1. The van der Waals surface area contributed by atoms with Crippen LogP contribution in [0.3, 0.4) is 0 Å². The zero-order chi connectivity index (χ0) is 17.9. The first-order valence-electron chi connectivity index (χ1n) is 7.95. The van der Waals surface area contributed by atoms with Gasteiger partial charge in [-0.15, -0.1) is 0 Å². The summed E-state index contributed by atoms with van der Waals surface area (Å²) < 4.78 is 15.6. The number of benzene rings is 2. The molecule has 4 aromatic rings. The van der Waals surface area contributed by atoms with E-state index >= 15 is 0 Å². The molecule has 0 fully saturated rings. The van der Waals surface area contributed by atoms with E-state index in [2.05, 4.69) is 15.1 Å². The van der Waals surface area contributed by atoms with E-state index in [1.807, 2.05) is 42.5 Å². The fraction of sp³-hybridized carbons (Fsp3) is 0.105. The normalized spacial score (nSPS) is 10.8. The van der Waals surface area contributed by atoms with Crippen LogP contribution >= 0.6 is 0 Å². The molecule has 0 saturated heterocycles. The highest BCUT2D eigenvalue weighted by atomic mass is 16.6. The van der Waals surface area contributed by atoms with Crippen molar-refractivity contribution in [1.82, 2.24) is 15.1 Å². The molecule has 0 unspecified atom stereocenters. The van der Waals surface area contributed by atoms with Gasteiger partial charge in [0.25, 0.3) is 5.89 Å². The van der Waals surface area contributed by atoms with Gasteiger partial charge in [-0.1, -0.05) is 35.5 Å². The summed E-state index contributed by atoms with van der Waals surface area (Å²) in [5.41, 5.74) is 2.09. The molecule has 1 N–H and O–H groups in total. The number of carbonyl (C=O) groups excluding carboxylic acids is 1. The van der Waals surface area contributed by atoms with Crippen molar-refractivity contribution in [2.75, 3.05) is 7.11 Å². The summed E-state index contributed by atoms with van der Waals surface area (Å²) >= 11 is 0. The van der Waals surface area contributed by atoms with E-state index in [9.17, 15) is 4.79 Å². The van der Waals surface area contributed by atoms with Gasteiger partial charge in [0.1, 0.15) is 5.75 Å². The highest BCUT2D eigenvalue weighted by molar-refractivity contribution is 6.03. The third kappa shape index (κ3) is 3.02. The Hall–Kier alpha value is -3.61. The third-order valence-electron chi connectivity index (χ3n) is 3.93. The van der Waals surface area contributed by atoms with Crippen LogP contribution in [0.4, 0.5) is 0 Å². The number of esters is 1. The van der Waals surface area contributed by atoms with E-state index in [0.29, 0.717) is 17.1 Å². The van der Waals surface area contributed by atoms with Crippen molar-refractivity contribution in [1.29, 1.82) is 0 Å². The number of para-hydroxylation sites is 1. The molecular formula is C19H15N3O4. The highest BCUT2D eigenvalue weighted by Gasteiger charge is 2.16. The molecule has 0 aliphatic carbocycles. The van der Waals surface area contributed by atoms with Crippen molar-refractivity contribution in [3.05, 3.63) is 66.2 Å². The first kappa shape index (κ1) is 15.9. The van der Waals surface area contributed by atoms with Crippen molar-refractivity contribution >= 4 is 16.9 Å². The first-order valence-corrected chi connectivity index (χ1v) is 7.95. The number of fused-ring (bicyclic) bond motifs is 1. The second-order valence-electron chi connectivity index (χ2n) is 5.57. The molecule has 0 saturated carbocycles. The molecule has 4 rings (SSSR count). The van der Waals surface area contributed by atoms with E-state index in [1.165, 1.54) is 0 Å². The predicted octanol–water partition coefficient (Wildman–Crippen LogP) is 3.58. The van der Waals surface area contributed by atoms with Gasteiger partial charge in [-0.05, 0) is 18.2 Å². The maximum absolute atomic E-state index is 12.3. The van der Waals surface area contributed by atoms with E-state index in [0.717, 1.165) is 16.5 Å². The Balaban J connectivity index is 1.47. The molecule has 0 aliphatic rings. The Morgan fingerprint density at radius 3 is 2.96 bits per heavy atom. The lowest BCUT2D eigenvalue weighted by Gasteiger charge is -2.00. The van der Waals surface area contributed by atoms with Gasteiger partial charge in [0.15, 0.2) is 6.61 Å². The van der Waals surface area contributed by atoms with Crippen LogP contribution in [0.1, 0.15) is 16.2 Å². The summed E-state index contributed by atoms with van der Waals surface area (Å²) in [6, 6.07) is 14.8. The number of aromatic nitrogens is 3. The second kappa shape index (κ2) is 6.72. The lowest BCUT2D eigenvalue weighted by atomic mass is 10.2. The van der Waals surface area contributed by atoms with Crippen molar-refractivity contribution in [2.24, 2.45) is 0 Å². The maximum atomic E-state index is 12.3. The molecular weight excluding hydrogens is 334 g/mol. The van der Waals surface area contributed by atoms with Crippen LogP contribution in [0.2, 0.25) is 0 Å². The van der Waals surface area contributed by atoms with Crippen molar-refractivity contribution in [2.45, 2.75) is 6.61 Å². The lowest BCUT2D eigenvalue weighted by molar-refractivity contribution is 0.0432. The lowest BCUT2D eigenvalue weighted by Crippen LogP contribution is -2.04. The SMILES string of the molecule is COc1cccc(-c2noc(COC(=O)c3c[nH]c4ccccc34)n2)c1. The minimum atomic E-state index is -0.455. The molecule has 7 heteroatoms. The number of hydrogen-bond acceptors (Lipinski definition) is 6. The molecule has 2 aromatic heterocycles. The van der Waals surface area contributed by atoms with Gasteiger partial charge in [0, 0.05) is 22.7 Å². The fourth-order valence-corrected chi connectivity index (χ4v) is 2.64. The molecule has 0 bridgehead atoms. The van der Waals surface area contributed by atoms with Crippen LogP contribution in [-0.2, 0) is 11.3 Å². The molecule has 0 aliphatic heterocycles. The number of methoxy groups -OCH3 is 1. The molecule has 0 atom stereocenters. The van der Waals surface area contributed by atoms with E-state index in [-0.39, 0.29) is 12.5 Å². The number of nitrogens with one attached hydrogen (secondary N) is 1. The number of ether oxygens (including phenoxy) is 2. The third-order valence-corrected chi connectivity index (χ3v) is 3.93. The van der Waals surface area contributed by atoms with Crippen LogP contribution in [0.15, 0.2) is 59.3 Å². The predicted molar refractivity (Wildman–Crippen MR) is 93.7 cm³/mol. The molecule has 130 valence electrons. The van der Waals surface area contributed by atoms with Crippen molar-refractivity contribution in [3.63, 3.8) is 0 Å². The summed E-state index contributed by atoms with van der Waals surface area (Å²) in [4.78, 5) is 19.6. The maximum Gasteiger partial charge on any atom is 0.340 e. The van der Waals surface area contributed by atoms with Gasteiger partial charge >= 0.3 is 5.97 Å². The van der Waals surface area contributed by atoms with Gasteiger partial charge in [0.05, 0.1) is 12.7 Å². The number of aromatic amines is 1. The molecule has 26 heavy (non-hydrogen) atoms. The van der Waals surface area contributed by atoms with Crippen LogP contribution in [0.5, 0.6) is 5.75 Å². The number of H-pyrrole nitrogens is 1. The standard InChI is InChI=1S/C19H15N3O4/c1-24-13-6-4-5-12(9-13)18-21-17(26-22-18)11-25-19(23)15-10-20-16-8-3-2-7-14(15)16/h2-10,20H,11H2,1H3. The summed E-state index contributed by atoms with van der Waals surface area (Å²) in [7, 11) is 1.59. The second-order valence-corrected chi connectivity index (χ2v) is 5.57. The number of carbonyl (C=O) groups is 1. The molecule has 0 amide bonds. The average Bonchev–Trinajstić information content (AvgIpc) is 3.33. The van der Waals surface area contributed by atoms with Crippen LogP contribution in [-0.4, -0.2) is 28.2 Å². The van der Waals surface area contributed by atoms with Crippen molar-refractivity contribution < 1.29 is 18.8 Å². The highest BCUT2D eigenvalue weighted by Crippen LogP contribution is 2.22. The number of rotatable bonds is 5. The average molecular weight is 349 g/mol. The Morgan fingerprint density at radius 1 is 1.19 bits per heavy atom. The van der Waals surface area contributed by atoms with E-state index in [1.54, 1.807) is 19.4 Å². The Labute approximate surface area is 148 Å². The molecule has 0 spiro atoms. The zero-order valence-electron chi connectivity index (χ0n) is 13.9. The Kier molecular flexibility index (Phi) is 4.10. The van der Waals surface area contributed by atoms with E-state index < -0.39 is 5.97 Å². The fourth-order valence-electron chi connectivity index (χ4n) is 2.64. The van der Waals surface area contributed by atoms with Gasteiger partial charge in [-0.2, -0.15) is 4.98 Å². The largest absolute Gasteiger partial charge is 0.497 e. The van der Waals surface area contributed by atoms with E-state index in [4.69, 9.17) is 14.0 Å². The van der Waals surface area contributed by atoms with Gasteiger partial charge in [0.2, 0.25) is 5.82 Å². The van der Waals surface area contributed by atoms with Crippen LogP contribution in [0.25, 0.3) is 22.3 Å². The Morgan fingerprint density at radius 2 is 2.08 bits per heavy atom. The van der Waals surface area contributed by atoms with Gasteiger partial charge in [-0.25, -0.2) is 4.79 Å². The zero-order valence-corrected chi connectivity index (χ0v) is 13.9. The monoisotopic (exact) mass is 349 g/mol. The van der Waals surface area contributed by atoms with Crippen LogP contribution in [0, 0.1) is 0 Å². The quantitative estimate of drug-likeness (QED) is 0.554. The summed E-state index contributed by atoms with van der Waals surface area (Å²) in [5.74, 6) is 0.862. The smallest absolute Gasteiger partial charge is 0.340 e. The van der Waals surface area contributed by atoms with Crippen LogP contribution < -0.4 is 4.74 Å². The molecule has 0 radical (unpaired) electrons. The Bertz CT molecular complexity index is 1070. The van der Waals surface area contributed by atoms with Gasteiger partial charge in [-0.3, -0.25) is 0 Å². The summed E-state index contributed by atoms with van der Waals surface area (Å²) in [6.45, 7) is -0.102. The van der Waals surface area contributed by atoms with Crippen molar-refractivity contribution in [3.8, 4) is 17.1 Å². The molecule has 2 heterocycles.